The van der Waals surface area contributed by atoms with E-state index in [1.165, 1.54) is 0 Å². The molecule has 2 rings (SSSR count). The largest absolute Gasteiger partial charge is 0.267 e. The van der Waals surface area contributed by atoms with Crippen LogP contribution in [0.1, 0.15) is 5.56 Å². The number of rotatable bonds is 4. The van der Waals surface area contributed by atoms with E-state index < -0.39 is 10.0 Å². The first-order valence-electron chi connectivity index (χ1n) is 5.22. The molecule has 2 aromatic rings. The van der Waals surface area contributed by atoms with Gasteiger partial charge in [-0.15, -0.1) is 0 Å². The molecule has 4 nitrogen and oxygen atoms in total. The van der Waals surface area contributed by atoms with Gasteiger partial charge in [0.2, 0.25) is 10.0 Å². The summed E-state index contributed by atoms with van der Waals surface area (Å²) < 4.78 is 26.2. The van der Waals surface area contributed by atoms with Crippen molar-refractivity contribution < 1.29 is 8.42 Å². The van der Waals surface area contributed by atoms with Gasteiger partial charge in [-0.1, -0.05) is 48.0 Å². The van der Waals surface area contributed by atoms with E-state index in [4.69, 9.17) is 11.6 Å². The predicted molar refractivity (Wildman–Crippen MR) is 71.9 cm³/mol. The van der Waals surface area contributed by atoms with Gasteiger partial charge in [0, 0.05) is 0 Å². The standard InChI is InChI=1S/C12H11ClN2O2S/c13-11-7-4-8-12(14-11)15-18(16,17)9-10-5-2-1-3-6-10/h1-8H,9H2,(H,14,15). The van der Waals surface area contributed by atoms with Crippen LogP contribution in [0, 0.1) is 0 Å². The van der Waals surface area contributed by atoms with Crippen LogP contribution in [0.5, 0.6) is 0 Å². The van der Waals surface area contributed by atoms with Gasteiger partial charge in [-0.05, 0) is 17.7 Å². The van der Waals surface area contributed by atoms with Gasteiger partial charge in [-0.3, -0.25) is 4.72 Å². The molecular weight excluding hydrogens is 272 g/mol. The van der Waals surface area contributed by atoms with Crippen molar-refractivity contribution in [3.05, 3.63) is 59.2 Å². The Hall–Kier alpha value is -1.59. The van der Waals surface area contributed by atoms with Crippen molar-refractivity contribution in [3.63, 3.8) is 0 Å². The molecule has 0 saturated carbocycles. The molecule has 6 heteroatoms. The molecule has 1 heterocycles. The lowest BCUT2D eigenvalue weighted by Gasteiger charge is -2.07. The first-order valence-corrected chi connectivity index (χ1v) is 7.25. The fourth-order valence-electron chi connectivity index (χ4n) is 1.45. The maximum atomic E-state index is 11.9. The maximum absolute atomic E-state index is 11.9. The molecule has 0 fully saturated rings. The van der Waals surface area contributed by atoms with Gasteiger partial charge >= 0.3 is 0 Å². The molecule has 0 atom stereocenters. The van der Waals surface area contributed by atoms with Gasteiger partial charge in [0.15, 0.2) is 0 Å². The molecule has 1 N–H and O–H groups in total. The van der Waals surface area contributed by atoms with Crippen LogP contribution in [0.3, 0.4) is 0 Å². The fraction of sp³-hybridized carbons (Fsp3) is 0.0833. The third-order valence-corrected chi connectivity index (χ3v) is 3.62. The number of aromatic nitrogens is 1. The first kappa shape index (κ1) is 12.9. The lowest BCUT2D eigenvalue weighted by Crippen LogP contribution is -2.15. The number of pyridine rings is 1. The second kappa shape index (κ2) is 5.37. The summed E-state index contributed by atoms with van der Waals surface area (Å²) >= 11 is 5.69. The third kappa shape index (κ3) is 3.72. The molecule has 1 aromatic heterocycles. The van der Waals surface area contributed by atoms with Crippen molar-refractivity contribution in [3.8, 4) is 0 Å². The van der Waals surface area contributed by atoms with Crippen molar-refractivity contribution in [2.75, 3.05) is 4.72 Å². The van der Waals surface area contributed by atoms with Gasteiger partial charge in [0.1, 0.15) is 11.0 Å². The van der Waals surface area contributed by atoms with Gasteiger partial charge < -0.3 is 0 Å². The zero-order valence-electron chi connectivity index (χ0n) is 9.38. The molecule has 0 spiro atoms. The van der Waals surface area contributed by atoms with Crippen LogP contribution in [-0.2, 0) is 15.8 Å². The number of halogens is 1. The molecule has 0 aliphatic heterocycles. The molecule has 0 amide bonds. The Balaban J connectivity index is 2.13. The second-order valence-corrected chi connectivity index (χ2v) is 5.80. The topological polar surface area (TPSA) is 59.1 Å². The summed E-state index contributed by atoms with van der Waals surface area (Å²) in [6.45, 7) is 0. The average molecular weight is 283 g/mol. The molecule has 0 bridgehead atoms. The Kier molecular flexibility index (Phi) is 3.84. The molecule has 94 valence electrons. The molecular formula is C12H11ClN2O2S. The highest BCUT2D eigenvalue weighted by molar-refractivity contribution is 7.91. The zero-order valence-corrected chi connectivity index (χ0v) is 10.9. The lowest BCUT2D eigenvalue weighted by atomic mass is 10.2. The fourth-order valence-corrected chi connectivity index (χ4v) is 2.75. The summed E-state index contributed by atoms with van der Waals surface area (Å²) in [6, 6.07) is 13.7. The molecule has 18 heavy (non-hydrogen) atoms. The number of sulfonamides is 1. The number of anilines is 1. The molecule has 0 radical (unpaired) electrons. The summed E-state index contributed by atoms with van der Waals surface area (Å²) in [4.78, 5) is 3.88. The predicted octanol–water partition coefficient (Wildman–Crippen LogP) is 2.68. The number of benzene rings is 1. The highest BCUT2D eigenvalue weighted by Crippen LogP contribution is 2.13. The molecule has 0 saturated heterocycles. The third-order valence-electron chi connectivity index (χ3n) is 2.17. The number of nitrogens with one attached hydrogen (secondary N) is 1. The van der Waals surface area contributed by atoms with Crippen LogP contribution in [0.25, 0.3) is 0 Å². The monoisotopic (exact) mass is 282 g/mol. The Morgan fingerprint density at radius 2 is 1.78 bits per heavy atom. The SMILES string of the molecule is O=S(=O)(Cc1ccccc1)Nc1cccc(Cl)n1. The summed E-state index contributed by atoms with van der Waals surface area (Å²) in [6.07, 6.45) is 0. The van der Waals surface area contributed by atoms with Gasteiger partial charge in [0.25, 0.3) is 0 Å². The van der Waals surface area contributed by atoms with Gasteiger partial charge in [0.05, 0.1) is 5.75 Å². The normalized spacial score (nSPS) is 11.2. The Bertz CT molecular complexity index is 630. The van der Waals surface area contributed by atoms with Crippen LogP contribution in [0.15, 0.2) is 48.5 Å². The van der Waals surface area contributed by atoms with Crippen molar-refractivity contribution in [2.24, 2.45) is 0 Å². The molecule has 0 aliphatic rings. The summed E-state index contributed by atoms with van der Waals surface area (Å²) in [5.74, 6) is 0.126. The van der Waals surface area contributed by atoms with Crippen molar-refractivity contribution in [2.45, 2.75) is 5.75 Å². The van der Waals surface area contributed by atoms with Crippen LogP contribution in [0.2, 0.25) is 5.15 Å². The smallest absolute Gasteiger partial charge is 0.238 e. The lowest BCUT2D eigenvalue weighted by molar-refractivity contribution is 0.600. The Labute approximate surface area is 111 Å². The quantitative estimate of drug-likeness (QED) is 0.877. The minimum Gasteiger partial charge on any atom is -0.267 e. The van der Waals surface area contributed by atoms with E-state index >= 15 is 0 Å². The van der Waals surface area contributed by atoms with E-state index in [9.17, 15) is 8.42 Å². The summed E-state index contributed by atoms with van der Waals surface area (Å²) in [5.41, 5.74) is 0.715. The first-order chi connectivity index (χ1) is 8.55. The van der Waals surface area contributed by atoms with E-state index in [1.54, 1.807) is 42.5 Å². The van der Waals surface area contributed by atoms with Gasteiger partial charge in [-0.2, -0.15) is 0 Å². The highest BCUT2D eigenvalue weighted by Gasteiger charge is 2.12. The Morgan fingerprint density at radius 3 is 2.44 bits per heavy atom. The van der Waals surface area contributed by atoms with Crippen molar-refractivity contribution >= 4 is 27.4 Å². The minimum atomic E-state index is -3.48. The van der Waals surface area contributed by atoms with E-state index in [0.29, 0.717) is 5.56 Å². The molecule has 0 unspecified atom stereocenters. The summed E-state index contributed by atoms with van der Waals surface area (Å²) in [7, 11) is -3.48. The Morgan fingerprint density at radius 1 is 1.06 bits per heavy atom. The van der Waals surface area contributed by atoms with E-state index in [1.807, 2.05) is 6.07 Å². The number of hydrogen-bond acceptors (Lipinski definition) is 3. The van der Waals surface area contributed by atoms with E-state index in [0.717, 1.165) is 0 Å². The van der Waals surface area contributed by atoms with Gasteiger partial charge in [-0.25, -0.2) is 13.4 Å². The average Bonchev–Trinajstić information content (AvgIpc) is 2.28. The zero-order chi connectivity index (χ0) is 13.0. The maximum Gasteiger partial charge on any atom is 0.238 e. The molecule has 0 aliphatic carbocycles. The van der Waals surface area contributed by atoms with Crippen LogP contribution >= 0.6 is 11.6 Å². The number of nitrogens with zero attached hydrogens (tertiary/aromatic N) is 1. The summed E-state index contributed by atoms with van der Waals surface area (Å²) in [5, 5.41) is 0.245. The van der Waals surface area contributed by atoms with E-state index in [2.05, 4.69) is 9.71 Å². The van der Waals surface area contributed by atoms with Crippen molar-refractivity contribution in [1.29, 1.82) is 0 Å². The number of hydrogen-bond donors (Lipinski definition) is 1. The second-order valence-electron chi connectivity index (χ2n) is 3.69. The highest BCUT2D eigenvalue weighted by atomic mass is 35.5. The van der Waals surface area contributed by atoms with Crippen molar-refractivity contribution in [1.82, 2.24) is 4.98 Å². The molecule has 1 aromatic carbocycles. The minimum absolute atomic E-state index is 0.0952. The van der Waals surface area contributed by atoms with Crippen LogP contribution in [0.4, 0.5) is 5.82 Å². The van der Waals surface area contributed by atoms with E-state index in [-0.39, 0.29) is 16.7 Å². The van der Waals surface area contributed by atoms with Crippen LogP contribution in [-0.4, -0.2) is 13.4 Å². The van der Waals surface area contributed by atoms with Crippen LogP contribution < -0.4 is 4.72 Å².